The second kappa shape index (κ2) is 8.96. The summed E-state index contributed by atoms with van der Waals surface area (Å²) in [5.41, 5.74) is 3.91. The van der Waals surface area contributed by atoms with Crippen LogP contribution in [0.2, 0.25) is 0 Å². The monoisotopic (exact) mass is 395 g/mol. The lowest BCUT2D eigenvalue weighted by atomic mass is 10.1. The topological polar surface area (TPSA) is 82.7 Å². The number of halogens is 1. The van der Waals surface area contributed by atoms with E-state index in [2.05, 4.69) is 20.6 Å². The van der Waals surface area contributed by atoms with E-state index in [0.717, 1.165) is 17.7 Å². The first-order valence-corrected chi connectivity index (χ1v) is 9.66. The molecule has 0 bridgehead atoms. The number of nitrogens with zero attached hydrogens (tertiary/aromatic N) is 2. The molecule has 3 rings (SSSR count). The zero-order valence-corrected chi connectivity index (χ0v) is 17.1. The third-order valence-electron chi connectivity index (χ3n) is 4.76. The van der Waals surface area contributed by atoms with E-state index in [1.54, 1.807) is 12.1 Å². The van der Waals surface area contributed by atoms with Crippen LogP contribution in [0.4, 0.5) is 10.2 Å². The van der Waals surface area contributed by atoms with E-state index in [1.807, 2.05) is 40.0 Å². The number of carbonyl (C=O) groups excluding carboxylic acids is 1. The van der Waals surface area contributed by atoms with Gasteiger partial charge in [0.15, 0.2) is 6.29 Å². The second-order valence-electron chi connectivity index (χ2n) is 6.99. The Morgan fingerprint density at radius 2 is 2.10 bits per heavy atom. The third kappa shape index (κ3) is 4.35. The molecule has 0 spiro atoms. The molecule has 0 saturated heterocycles. The van der Waals surface area contributed by atoms with Crippen LogP contribution in [0.1, 0.15) is 35.6 Å². The minimum atomic E-state index is -0.415. The normalized spacial score (nSPS) is 12.6. The molecule has 2 heterocycles. The standard InChI is InChI=1S/C22H26FN5O/c1-5-6-13(2)25-22-14(3)26-18-8-7-16(23)20(21(18)28-22)19-11-15(12-29)17(27-19)9-10-24-4/h5-8,11-13,24,27H,9-10H2,1-4H3,(H,25,28)/b6-5+/t13-/m0/s1. The van der Waals surface area contributed by atoms with E-state index in [4.69, 9.17) is 4.98 Å². The molecule has 0 aliphatic carbocycles. The lowest BCUT2D eigenvalue weighted by molar-refractivity contribution is 0.112. The minimum Gasteiger partial charge on any atom is -0.363 e. The number of aldehydes is 1. The number of nitrogens with one attached hydrogen (secondary N) is 3. The van der Waals surface area contributed by atoms with E-state index >= 15 is 0 Å². The van der Waals surface area contributed by atoms with Crippen molar-refractivity contribution < 1.29 is 9.18 Å². The van der Waals surface area contributed by atoms with Gasteiger partial charge in [0.2, 0.25) is 0 Å². The van der Waals surface area contributed by atoms with Crippen molar-refractivity contribution in [3.8, 4) is 11.3 Å². The number of aromatic nitrogens is 3. The van der Waals surface area contributed by atoms with Crippen LogP contribution in [-0.2, 0) is 6.42 Å². The fourth-order valence-corrected chi connectivity index (χ4v) is 3.34. The van der Waals surface area contributed by atoms with Crippen LogP contribution in [0, 0.1) is 12.7 Å². The molecule has 0 amide bonds. The maximum Gasteiger partial charge on any atom is 0.151 e. The van der Waals surface area contributed by atoms with E-state index < -0.39 is 5.82 Å². The Bertz CT molecular complexity index is 1060. The molecule has 1 atom stereocenters. The van der Waals surface area contributed by atoms with Gasteiger partial charge >= 0.3 is 0 Å². The van der Waals surface area contributed by atoms with Crippen LogP contribution >= 0.6 is 0 Å². The molecule has 0 aliphatic heterocycles. The van der Waals surface area contributed by atoms with Crippen LogP contribution in [-0.4, -0.2) is 40.9 Å². The van der Waals surface area contributed by atoms with Crippen molar-refractivity contribution in [3.63, 3.8) is 0 Å². The summed E-state index contributed by atoms with van der Waals surface area (Å²) in [5, 5.41) is 6.35. The van der Waals surface area contributed by atoms with Gasteiger partial charge in [-0.15, -0.1) is 0 Å². The molecule has 7 heteroatoms. The molecule has 29 heavy (non-hydrogen) atoms. The van der Waals surface area contributed by atoms with Gasteiger partial charge in [0.25, 0.3) is 0 Å². The summed E-state index contributed by atoms with van der Waals surface area (Å²) >= 11 is 0. The average molecular weight is 395 g/mol. The number of aromatic amines is 1. The van der Waals surface area contributed by atoms with Crippen molar-refractivity contribution in [1.29, 1.82) is 0 Å². The molecule has 0 radical (unpaired) electrons. The smallest absolute Gasteiger partial charge is 0.151 e. The molecular weight excluding hydrogens is 369 g/mol. The maximum absolute atomic E-state index is 14.9. The highest BCUT2D eigenvalue weighted by molar-refractivity contribution is 5.93. The fraction of sp³-hybridized carbons (Fsp3) is 0.318. The highest BCUT2D eigenvalue weighted by atomic mass is 19.1. The lowest BCUT2D eigenvalue weighted by Crippen LogP contribution is -2.14. The fourth-order valence-electron chi connectivity index (χ4n) is 3.34. The average Bonchev–Trinajstić information content (AvgIpc) is 3.10. The lowest BCUT2D eigenvalue weighted by Gasteiger charge is -2.14. The van der Waals surface area contributed by atoms with Crippen molar-refractivity contribution in [2.24, 2.45) is 0 Å². The molecule has 3 aromatic rings. The zero-order chi connectivity index (χ0) is 21.0. The van der Waals surface area contributed by atoms with E-state index in [1.165, 1.54) is 6.07 Å². The molecule has 152 valence electrons. The van der Waals surface area contributed by atoms with Crippen molar-refractivity contribution in [1.82, 2.24) is 20.3 Å². The zero-order valence-electron chi connectivity index (χ0n) is 17.1. The Hall–Kier alpha value is -3.06. The van der Waals surface area contributed by atoms with E-state index in [-0.39, 0.29) is 6.04 Å². The Balaban J connectivity index is 2.15. The number of aryl methyl sites for hydroxylation is 1. The van der Waals surface area contributed by atoms with Gasteiger partial charge in [-0.25, -0.2) is 14.4 Å². The van der Waals surface area contributed by atoms with Crippen molar-refractivity contribution in [2.45, 2.75) is 33.2 Å². The first kappa shape index (κ1) is 20.7. The minimum absolute atomic E-state index is 0.0581. The first-order valence-electron chi connectivity index (χ1n) is 9.66. The van der Waals surface area contributed by atoms with Crippen LogP contribution in [0.5, 0.6) is 0 Å². The summed E-state index contributed by atoms with van der Waals surface area (Å²) in [4.78, 5) is 24.0. The number of rotatable bonds is 8. The van der Waals surface area contributed by atoms with Crippen molar-refractivity contribution in [3.05, 3.63) is 53.1 Å². The molecular formula is C22H26FN5O. The van der Waals surface area contributed by atoms with E-state index in [9.17, 15) is 9.18 Å². The molecule has 0 saturated carbocycles. The van der Waals surface area contributed by atoms with Crippen molar-refractivity contribution >= 4 is 23.1 Å². The van der Waals surface area contributed by atoms with Crippen LogP contribution in [0.25, 0.3) is 22.3 Å². The quantitative estimate of drug-likeness (QED) is 0.396. The maximum atomic E-state index is 14.9. The highest BCUT2D eigenvalue weighted by Crippen LogP contribution is 2.31. The Morgan fingerprint density at radius 3 is 2.79 bits per heavy atom. The van der Waals surface area contributed by atoms with Gasteiger partial charge in [0.05, 0.1) is 22.5 Å². The number of benzene rings is 1. The first-order chi connectivity index (χ1) is 14.0. The SMILES string of the molecule is C/C=C/[C@H](C)Nc1nc2c(-c3cc(C=O)c(CCNC)[nH]3)c(F)ccc2nc1C. The largest absolute Gasteiger partial charge is 0.363 e. The molecule has 0 unspecified atom stereocenters. The number of allylic oxidation sites excluding steroid dienone is 1. The third-order valence-corrected chi connectivity index (χ3v) is 4.76. The molecule has 0 fully saturated rings. The summed E-state index contributed by atoms with van der Waals surface area (Å²) < 4.78 is 14.9. The van der Waals surface area contributed by atoms with Gasteiger partial charge in [0, 0.05) is 30.3 Å². The van der Waals surface area contributed by atoms with Crippen LogP contribution in [0.15, 0.2) is 30.4 Å². The van der Waals surface area contributed by atoms with Gasteiger partial charge in [-0.2, -0.15) is 0 Å². The molecule has 3 N–H and O–H groups in total. The Labute approximate surface area is 169 Å². The summed E-state index contributed by atoms with van der Waals surface area (Å²) in [7, 11) is 1.84. The van der Waals surface area contributed by atoms with Gasteiger partial charge < -0.3 is 15.6 Å². The molecule has 1 aromatic carbocycles. The number of anilines is 1. The van der Waals surface area contributed by atoms with Crippen molar-refractivity contribution in [2.75, 3.05) is 18.9 Å². The van der Waals surface area contributed by atoms with Gasteiger partial charge in [-0.1, -0.05) is 12.2 Å². The number of hydrogen-bond acceptors (Lipinski definition) is 5. The number of likely N-dealkylation sites (N-methyl/N-ethyl adjacent to an activating group) is 1. The summed E-state index contributed by atoms with van der Waals surface area (Å²) in [6, 6.07) is 4.74. The summed E-state index contributed by atoms with van der Waals surface area (Å²) in [6.45, 7) is 6.53. The predicted molar refractivity (Wildman–Crippen MR) is 115 cm³/mol. The van der Waals surface area contributed by atoms with Crippen LogP contribution in [0.3, 0.4) is 0 Å². The Kier molecular flexibility index (Phi) is 6.39. The molecule has 2 aromatic heterocycles. The highest BCUT2D eigenvalue weighted by Gasteiger charge is 2.18. The van der Waals surface area contributed by atoms with Crippen LogP contribution < -0.4 is 10.6 Å². The van der Waals surface area contributed by atoms with Gasteiger partial charge in [-0.3, -0.25) is 4.79 Å². The molecule has 0 aliphatic rings. The predicted octanol–water partition coefficient (Wildman–Crippen LogP) is 4.02. The number of hydrogen-bond donors (Lipinski definition) is 3. The molecule has 6 nitrogen and oxygen atoms in total. The number of H-pyrrole nitrogens is 1. The van der Waals surface area contributed by atoms with Gasteiger partial charge in [-0.05, 0) is 46.0 Å². The second-order valence-corrected chi connectivity index (χ2v) is 6.99. The summed E-state index contributed by atoms with van der Waals surface area (Å²) in [5.74, 6) is 0.189. The van der Waals surface area contributed by atoms with E-state index in [0.29, 0.717) is 46.6 Å². The Morgan fingerprint density at radius 1 is 1.31 bits per heavy atom. The number of fused-ring (bicyclic) bond motifs is 1. The van der Waals surface area contributed by atoms with Gasteiger partial charge in [0.1, 0.15) is 17.2 Å². The number of carbonyl (C=O) groups is 1. The summed E-state index contributed by atoms with van der Waals surface area (Å²) in [6.07, 6.45) is 5.39.